The van der Waals surface area contributed by atoms with Gasteiger partial charge < -0.3 is 15.5 Å². The Morgan fingerprint density at radius 2 is 1.52 bits per heavy atom. The Bertz CT molecular complexity index is 722. The third-order valence-electron chi connectivity index (χ3n) is 3.05. The Hall–Kier alpha value is -2.82. The highest BCUT2D eigenvalue weighted by molar-refractivity contribution is 6.09. The van der Waals surface area contributed by atoms with Gasteiger partial charge in [-0.2, -0.15) is 0 Å². The SMILES string of the molecule is Cc1ccc(O)c(C(=O)Nc2ccc(C)cc2C(=O)O)c1. The van der Waals surface area contributed by atoms with Crippen molar-refractivity contribution < 1.29 is 19.8 Å². The number of rotatable bonds is 3. The molecule has 0 heterocycles. The molecule has 0 fully saturated rings. The van der Waals surface area contributed by atoms with Crippen molar-refractivity contribution >= 4 is 17.6 Å². The average Bonchev–Trinajstić information content (AvgIpc) is 2.43. The maximum absolute atomic E-state index is 12.2. The number of hydrogen-bond donors (Lipinski definition) is 3. The third kappa shape index (κ3) is 3.20. The first-order chi connectivity index (χ1) is 9.88. The van der Waals surface area contributed by atoms with Crippen LogP contribution in [0.3, 0.4) is 0 Å². The van der Waals surface area contributed by atoms with Crippen LogP contribution in [0, 0.1) is 13.8 Å². The maximum atomic E-state index is 12.2. The van der Waals surface area contributed by atoms with Crippen LogP contribution in [0.5, 0.6) is 5.75 Å². The smallest absolute Gasteiger partial charge is 0.337 e. The van der Waals surface area contributed by atoms with Crippen molar-refractivity contribution in [3.63, 3.8) is 0 Å². The molecule has 5 heteroatoms. The second-order valence-electron chi connectivity index (χ2n) is 4.83. The monoisotopic (exact) mass is 285 g/mol. The van der Waals surface area contributed by atoms with E-state index in [4.69, 9.17) is 0 Å². The molecule has 0 radical (unpaired) electrons. The van der Waals surface area contributed by atoms with Crippen LogP contribution in [0.2, 0.25) is 0 Å². The van der Waals surface area contributed by atoms with Gasteiger partial charge in [0.15, 0.2) is 0 Å². The fourth-order valence-corrected chi connectivity index (χ4v) is 1.97. The summed E-state index contributed by atoms with van der Waals surface area (Å²) in [6.45, 7) is 3.56. The maximum Gasteiger partial charge on any atom is 0.337 e. The van der Waals surface area contributed by atoms with E-state index in [1.165, 1.54) is 18.2 Å². The summed E-state index contributed by atoms with van der Waals surface area (Å²) in [6.07, 6.45) is 0. The number of aryl methyl sites for hydroxylation is 2. The number of benzene rings is 2. The van der Waals surface area contributed by atoms with E-state index < -0.39 is 11.9 Å². The second-order valence-corrected chi connectivity index (χ2v) is 4.83. The van der Waals surface area contributed by atoms with Gasteiger partial charge in [0.1, 0.15) is 5.75 Å². The minimum Gasteiger partial charge on any atom is -0.507 e. The van der Waals surface area contributed by atoms with Crippen molar-refractivity contribution in [3.05, 3.63) is 58.7 Å². The number of nitrogens with one attached hydrogen (secondary N) is 1. The molecule has 0 atom stereocenters. The largest absolute Gasteiger partial charge is 0.507 e. The molecule has 2 aromatic rings. The molecule has 0 aromatic heterocycles. The van der Waals surface area contributed by atoms with Gasteiger partial charge in [0.2, 0.25) is 0 Å². The van der Waals surface area contributed by atoms with Crippen molar-refractivity contribution in [2.45, 2.75) is 13.8 Å². The van der Waals surface area contributed by atoms with Crippen LogP contribution in [0.1, 0.15) is 31.8 Å². The Kier molecular flexibility index (Phi) is 3.93. The predicted molar refractivity (Wildman–Crippen MR) is 78.9 cm³/mol. The van der Waals surface area contributed by atoms with Crippen LogP contribution in [0.15, 0.2) is 36.4 Å². The minimum absolute atomic E-state index is 0.00972. The summed E-state index contributed by atoms with van der Waals surface area (Å²) in [6, 6.07) is 9.37. The number of carboxylic acid groups (broad SMARTS) is 1. The summed E-state index contributed by atoms with van der Waals surface area (Å²) >= 11 is 0. The molecule has 0 unspecified atom stereocenters. The number of phenols is 1. The first-order valence-electron chi connectivity index (χ1n) is 6.33. The first kappa shape index (κ1) is 14.6. The quantitative estimate of drug-likeness (QED) is 0.809. The zero-order chi connectivity index (χ0) is 15.6. The lowest BCUT2D eigenvalue weighted by Gasteiger charge is -2.10. The van der Waals surface area contributed by atoms with Crippen molar-refractivity contribution in [2.75, 3.05) is 5.32 Å². The zero-order valence-electron chi connectivity index (χ0n) is 11.7. The number of carbonyl (C=O) groups is 2. The lowest BCUT2D eigenvalue weighted by atomic mass is 10.1. The van der Waals surface area contributed by atoms with Gasteiger partial charge in [0.25, 0.3) is 5.91 Å². The lowest BCUT2D eigenvalue weighted by molar-refractivity contribution is 0.0698. The highest BCUT2D eigenvalue weighted by Gasteiger charge is 2.16. The number of aromatic hydroxyl groups is 1. The lowest BCUT2D eigenvalue weighted by Crippen LogP contribution is -2.15. The summed E-state index contributed by atoms with van der Waals surface area (Å²) in [5.41, 5.74) is 1.91. The van der Waals surface area contributed by atoms with Gasteiger partial charge in [-0.05, 0) is 38.1 Å². The van der Waals surface area contributed by atoms with Crippen LogP contribution in [-0.2, 0) is 0 Å². The Balaban J connectivity index is 2.36. The molecule has 5 nitrogen and oxygen atoms in total. The molecular weight excluding hydrogens is 270 g/mol. The predicted octanol–water partition coefficient (Wildman–Crippen LogP) is 2.96. The number of phenolic OH excluding ortho intramolecular Hbond substituents is 1. The number of hydrogen-bond acceptors (Lipinski definition) is 3. The highest BCUT2D eigenvalue weighted by atomic mass is 16.4. The third-order valence-corrected chi connectivity index (χ3v) is 3.05. The van der Waals surface area contributed by atoms with E-state index in [9.17, 15) is 19.8 Å². The van der Waals surface area contributed by atoms with Crippen LogP contribution < -0.4 is 5.32 Å². The van der Waals surface area contributed by atoms with Crippen LogP contribution in [-0.4, -0.2) is 22.1 Å². The minimum atomic E-state index is -1.12. The van der Waals surface area contributed by atoms with E-state index in [0.717, 1.165) is 11.1 Å². The Morgan fingerprint density at radius 3 is 2.14 bits per heavy atom. The summed E-state index contributed by atoms with van der Waals surface area (Å²) < 4.78 is 0. The van der Waals surface area contributed by atoms with E-state index in [-0.39, 0.29) is 22.6 Å². The van der Waals surface area contributed by atoms with Crippen molar-refractivity contribution in [1.29, 1.82) is 0 Å². The van der Waals surface area contributed by atoms with E-state index >= 15 is 0 Å². The first-order valence-corrected chi connectivity index (χ1v) is 6.33. The molecule has 2 rings (SSSR count). The molecule has 0 aliphatic heterocycles. The van der Waals surface area contributed by atoms with Crippen LogP contribution in [0.25, 0.3) is 0 Å². The fourth-order valence-electron chi connectivity index (χ4n) is 1.97. The molecule has 0 bridgehead atoms. The van der Waals surface area contributed by atoms with Crippen LogP contribution in [0.4, 0.5) is 5.69 Å². The molecule has 0 saturated carbocycles. The van der Waals surface area contributed by atoms with Gasteiger partial charge in [-0.15, -0.1) is 0 Å². The summed E-state index contributed by atoms with van der Waals surface area (Å²) in [5.74, 6) is -1.83. The molecule has 108 valence electrons. The van der Waals surface area contributed by atoms with Gasteiger partial charge in [-0.25, -0.2) is 4.79 Å². The fraction of sp³-hybridized carbons (Fsp3) is 0.125. The number of amides is 1. The molecule has 0 aliphatic rings. The van der Waals surface area contributed by atoms with E-state index in [0.29, 0.717) is 0 Å². The summed E-state index contributed by atoms with van der Waals surface area (Å²) in [7, 11) is 0. The highest BCUT2D eigenvalue weighted by Crippen LogP contribution is 2.22. The average molecular weight is 285 g/mol. The van der Waals surface area contributed by atoms with Gasteiger partial charge in [-0.1, -0.05) is 23.3 Å². The number of aromatic carboxylic acids is 1. The van der Waals surface area contributed by atoms with Crippen molar-refractivity contribution in [1.82, 2.24) is 0 Å². The standard InChI is InChI=1S/C16H15NO4/c1-9-3-5-13(11(7-9)16(20)21)17-15(19)12-8-10(2)4-6-14(12)18/h3-8,18H,1-2H3,(H,17,19)(H,20,21). The molecule has 0 aliphatic carbocycles. The van der Waals surface area contributed by atoms with E-state index in [2.05, 4.69) is 5.32 Å². The van der Waals surface area contributed by atoms with Crippen LogP contribution >= 0.6 is 0 Å². The Morgan fingerprint density at radius 1 is 0.952 bits per heavy atom. The number of carboxylic acids is 1. The molecule has 3 N–H and O–H groups in total. The van der Waals surface area contributed by atoms with E-state index in [1.807, 2.05) is 0 Å². The molecular formula is C16H15NO4. The molecule has 2 aromatic carbocycles. The summed E-state index contributed by atoms with van der Waals surface area (Å²) in [5, 5.41) is 21.4. The molecule has 0 spiro atoms. The molecule has 1 amide bonds. The van der Waals surface area contributed by atoms with Crippen molar-refractivity contribution in [2.24, 2.45) is 0 Å². The topological polar surface area (TPSA) is 86.6 Å². The molecule has 0 saturated heterocycles. The van der Waals surface area contributed by atoms with Gasteiger partial charge >= 0.3 is 5.97 Å². The summed E-state index contributed by atoms with van der Waals surface area (Å²) in [4.78, 5) is 23.4. The van der Waals surface area contributed by atoms with E-state index in [1.54, 1.807) is 32.0 Å². The zero-order valence-corrected chi connectivity index (χ0v) is 11.7. The Labute approximate surface area is 121 Å². The second kappa shape index (κ2) is 5.66. The van der Waals surface area contributed by atoms with Gasteiger partial charge in [0, 0.05) is 0 Å². The molecule has 21 heavy (non-hydrogen) atoms. The van der Waals surface area contributed by atoms with Gasteiger partial charge in [-0.3, -0.25) is 4.79 Å². The van der Waals surface area contributed by atoms with Crippen molar-refractivity contribution in [3.8, 4) is 5.75 Å². The van der Waals surface area contributed by atoms with Gasteiger partial charge in [0.05, 0.1) is 16.8 Å². The normalized spacial score (nSPS) is 10.2. The number of carbonyl (C=O) groups excluding carboxylic acids is 1. The number of anilines is 1.